The first kappa shape index (κ1) is 29.6. The maximum atomic E-state index is 14.0. The molecule has 1 amide bonds. The first-order valence-corrected chi connectivity index (χ1v) is 13.8. The number of piperazine rings is 1. The van der Waals surface area contributed by atoms with Gasteiger partial charge in [0.25, 0.3) is 0 Å². The van der Waals surface area contributed by atoms with Gasteiger partial charge in [-0.05, 0) is 67.3 Å². The summed E-state index contributed by atoms with van der Waals surface area (Å²) in [6.45, 7) is 10.2. The molecule has 1 aliphatic rings. The van der Waals surface area contributed by atoms with E-state index < -0.39 is 6.10 Å². The molecule has 1 saturated heterocycles. The van der Waals surface area contributed by atoms with Crippen molar-refractivity contribution in [3.05, 3.63) is 77.1 Å². The Morgan fingerprint density at radius 3 is 2.40 bits per heavy atom. The van der Waals surface area contributed by atoms with Gasteiger partial charge in [-0.25, -0.2) is 13.5 Å². The molecule has 0 saturated carbocycles. The third-order valence-corrected chi connectivity index (χ3v) is 6.87. The van der Waals surface area contributed by atoms with Gasteiger partial charge >= 0.3 is 0 Å². The number of carbonyl (C=O) groups is 1. The summed E-state index contributed by atoms with van der Waals surface area (Å²) in [6.07, 6.45) is 0.116. The lowest BCUT2D eigenvalue weighted by molar-refractivity contribution is -0.122. The van der Waals surface area contributed by atoms with Crippen molar-refractivity contribution in [3.8, 4) is 11.4 Å². The lowest BCUT2D eigenvalue weighted by Gasteiger charge is -2.35. The summed E-state index contributed by atoms with van der Waals surface area (Å²) >= 11 is 0. The van der Waals surface area contributed by atoms with Crippen molar-refractivity contribution in [2.45, 2.75) is 39.8 Å². The Morgan fingerprint density at radius 1 is 1.02 bits per heavy atom. The highest BCUT2D eigenvalue weighted by Crippen LogP contribution is 2.20. The van der Waals surface area contributed by atoms with E-state index in [-0.39, 0.29) is 30.7 Å². The van der Waals surface area contributed by atoms with Crippen molar-refractivity contribution in [2.24, 2.45) is 5.92 Å². The van der Waals surface area contributed by atoms with Crippen LogP contribution in [0.25, 0.3) is 5.69 Å². The molecule has 0 unspecified atom stereocenters. The fourth-order valence-corrected chi connectivity index (χ4v) is 4.80. The van der Waals surface area contributed by atoms with Crippen LogP contribution in [0.2, 0.25) is 0 Å². The van der Waals surface area contributed by atoms with Crippen LogP contribution in [-0.4, -0.2) is 82.6 Å². The van der Waals surface area contributed by atoms with E-state index in [0.29, 0.717) is 43.5 Å². The van der Waals surface area contributed by atoms with Crippen molar-refractivity contribution in [3.63, 3.8) is 0 Å². The Morgan fingerprint density at radius 2 is 1.70 bits per heavy atom. The van der Waals surface area contributed by atoms with Crippen LogP contribution in [0, 0.1) is 24.5 Å². The van der Waals surface area contributed by atoms with Crippen LogP contribution in [0.1, 0.15) is 30.8 Å². The molecule has 4 rings (SSSR count). The second-order valence-corrected chi connectivity index (χ2v) is 10.8. The van der Waals surface area contributed by atoms with Crippen LogP contribution in [0.15, 0.2) is 48.5 Å². The standard InChI is InChI=1S/C30H39F2N5O3/c1-21(2)14-26-16-25(34-37(26)29-15-24(32)5-4-22(29)3)17-33-30(39)19-36-12-10-35(11-13-36)18-27(38)20-40-28-8-6-23(31)7-9-28/h4-9,15-16,21,27,38H,10-14,17-20H2,1-3H3,(H,33,39)/t27-/m1/s1. The molecule has 2 heterocycles. The zero-order valence-electron chi connectivity index (χ0n) is 23.4. The normalized spacial score (nSPS) is 15.4. The average molecular weight is 556 g/mol. The van der Waals surface area contributed by atoms with Gasteiger partial charge in [-0.3, -0.25) is 14.6 Å². The number of halogens is 2. The van der Waals surface area contributed by atoms with Crippen LogP contribution in [-0.2, 0) is 17.8 Å². The van der Waals surface area contributed by atoms with Crippen molar-refractivity contribution in [1.82, 2.24) is 24.9 Å². The lowest BCUT2D eigenvalue weighted by atomic mass is 10.1. The highest BCUT2D eigenvalue weighted by Gasteiger charge is 2.21. The predicted octanol–water partition coefficient (Wildman–Crippen LogP) is 3.33. The molecular weight excluding hydrogens is 516 g/mol. The molecule has 0 radical (unpaired) electrons. The summed E-state index contributed by atoms with van der Waals surface area (Å²) in [5, 5.41) is 18.0. The molecule has 2 N–H and O–H groups in total. The molecule has 0 spiro atoms. The fraction of sp³-hybridized carbons (Fsp3) is 0.467. The average Bonchev–Trinajstić information content (AvgIpc) is 3.31. The number of carbonyl (C=O) groups excluding carboxylic acids is 1. The molecule has 3 aromatic rings. The topological polar surface area (TPSA) is 82.9 Å². The minimum Gasteiger partial charge on any atom is -0.491 e. The third-order valence-electron chi connectivity index (χ3n) is 6.87. The molecule has 2 aromatic carbocycles. The van der Waals surface area contributed by atoms with Gasteiger partial charge in [0.2, 0.25) is 5.91 Å². The molecule has 1 aliphatic heterocycles. The van der Waals surface area contributed by atoms with Gasteiger partial charge < -0.3 is 15.2 Å². The van der Waals surface area contributed by atoms with Crippen LogP contribution in [0.5, 0.6) is 5.75 Å². The van der Waals surface area contributed by atoms with E-state index in [1.807, 2.05) is 13.0 Å². The SMILES string of the molecule is Cc1ccc(F)cc1-n1nc(CNC(=O)CN2CCN(C[C@@H](O)COc3ccc(F)cc3)CC2)cc1CC(C)C. The Kier molecular flexibility index (Phi) is 10.2. The van der Waals surface area contributed by atoms with Gasteiger partial charge in [0.1, 0.15) is 30.1 Å². The van der Waals surface area contributed by atoms with Crippen LogP contribution < -0.4 is 10.1 Å². The number of amides is 1. The first-order valence-electron chi connectivity index (χ1n) is 13.8. The maximum absolute atomic E-state index is 14.0. The quantitative estimate of drug-likeness (QED) is 0.357. The smallest absolute Gasteiger partial charge is 0.234 e. The lowest BCUT2D eigenvalue weighted by Crippen LogP contribution is -2.51. The fourth-order valence-electron chi connectivity index (χ4n) is 4.80. The molecule has 1 aromatic heterocycles. The van der Waals surface area contributed by atoms with Crippen molar-refractivity contribution in [2.75, 3.05) is 45.9 Å². The molecule has 10 heteroatoms. The number of hydrogen-bond acceptors (Lipinski definition) is 6. The molecule has 8 nitrogen and oxygen atoms in total. The Balaban J connectivity index is 1.22. The van der Waals surface area contributed by atoms with Gasteiger partial charge in [-0.15, -0.1) is 0 Å². The minimum atomic E-state index is -0.670. The van der Waals surface area contributed by atoms with Gasteiger partial charge in [0.05, 0.1) is 24.5 Å². The number of β-amino-alcohol motifs (C(OH)–C–C–N with tert-alkyl or cyclic N) is 1. The summed E-state index contributed by atoms with van der Waals surface area (Å²) in [5.41, 5.74) is 3.35. The van der Waals surface area contributed by atoms with E-state index in [2.05, 4.69) is 29.0 Å². The number of aryl methyl sites for hydroxylation is 1. The van der Waals surface area contributed by atoms with E-state index in [4.69, 9.17) is 9.84 Å². The highest BCUT2D eigenvalue weighted by atomic mass is 19.1. The van der Waals surface area contributed by atoms with E-state index in [1.54, 1.807) is 10.7 Å². The molecule has 0 aliphatic carbocycles. The van der Waals surface area contributed by atoms with Gasteiger partial charge in [0.15, 0.2) is 0 Å². The van der Waals surface area contributed by atoms with Gasteiger partial charge in [-0.2, -0.15) is 5.10 Å². The number of aliphatic hydroxyl groups is 1. The number of aliphatic hydroxyl groups excluding tert-OH is 1. The van der Waals surface area contributed by atoms with Crippen LogP contribution in [0.3, 0.4) is 0 Å². The summed E-state index contributed by atoms with van der Waals surface area (Å²) < 4.78 is 34.3. The predicted molar refractivity (Wildman–Crippen MR) is 149 cm³/mol. The Labute approximate surface area is 234 Å². The number of nitrogens with zero attached hydrogens (tertiary/aromatic N) is 4. The zero-order chi connectivity index (χ0) is 28.6. The van der Waals surface area contributed by atoms with E-state index in [1.165, 1.54) is 36.4 Å². The highest BCUT2D eigenvalue weighted by molar-refractivity contribution is 5.78. The molecule has 0 bridgehead atoms. The number of hydrogen-bond donors (Lipinski definition) is 2. The largest absolute Gasteiger partial charge is 0.491 e. The monoisotopic (exact) mass is 555 g/mol. The molecule has 1 atom stereocenters. The third kappa shape index (κ3) is 8.58. The summed E-state index contributed by atoms with van der Waals surface area (Å²) in [4.78, 5) is 16.9. The van der Waals surface area contributed by atoms with Gasteiger partial charge in [0, 0.05) is 38.4 Å². The number of nitrogens with one attached hydrogen (secondary N) is 1. The van der Waals surface area contributed by atoms with Crippen LogP contribution >= 0.6 is 0 Å². The number of benzene rings is 2. The second kappa shape index (κ2) is 13.8. The molecule has 216 valence electrons. The van der Waals surface area contributed by atoms with Crippen molar-refractivity contribution >= 4 is 5.91 Å². The Hall–Kier alpha value is -3.34. The second-order valence-electron chi connectivity index (χ2n) is 10.8. The number of aromatic nitrogens is 2. The van der Waals surface area contributed by atoms with Crippen molar-refractivity contribution in [1.29, 1.82) is 0 Å². The van der Waals surface area contributed by atoms with Crippen molar-refractivity contribution < 1.29 is 23.4 Å². The molecule has 40 heavy (non-hydrogen) atoms. The first-order chi connectivity index (χ1) is 19.2. The number of rotatable bonds is 12. The van der Waals surface area contributed by atoms with Gasteiger partial charge in [-0.1, -0.05) is 19.9 Å². The minimum absolute atomic E-state index is 0.0805. The summed E-state index contributed by atoms with van der Waals surface area (Å²) in [5.74, 6) is 0.191. The Bertz CT molecular complexity index is 1260. The summed E-state index contributed by atoms with van der Waals surface area (Å²) in [6, 6.07) is 12.4. The van der Waals surface area contributed by atoms with Crippen LogP contribution in [0.4, 0.5) is 8.78 Å². The van der Waals surface area contributed by atoms with E-state index in [0.717, 1.165) is 36.5 Å². The molecular formula is C30H39F2N5O3. The maximum Gasteiger partial charge on any atom is 0.234 e. The summed E-state index contributed by atoms with van der Waals surface area (Å²) in [7, 11) is 0. The van der Waals surface area contributed by atoms with E-state index >= 15 is 0 Å². The van der Waals surface area contributed by atoms with E-state index in [9.17, 15) is 18.7 Å². The number of ether oxygens (including phenoxy) is 1. The zero-order valence-corrected chi connectivity index (χ0v) is 23.4. The molecule has 1 fully saturated rings.